The quantitative estimate of drug-likeness (QED) is 0.800. The van der Waals surface area contributed by atoms with Crippen molar-refractivity contribution in [3.05, 3.63) is 47.6 Å². The third-order valence-electron chi connectivity index (χ3n) is 2.29. The lowest BCUT2D eigenvalue weighted by molar-refractivity contribution is 0.126. The van der Waals surface area contributed by atoms with Gasteiger partial charge in [-0.3, -0.25) is 0 Å². The molecule has 1 heterocycles. The maximum atomic E-state index is 8.53. The van der Waals surface area contributed by atoms with E-state index >= 15 is 0 Å². The van der Waals surface area contributed by atoms with Crippen LogP contribution in [0.3, 0.4) is 0 Å². The average Bonchev–Trinajstić information content (AvgIpc) is 2.81. The van der Waals surface area contributed by atoms with Gasteiger partial charge in [-0.15, -0.1) is 0 Å². The van der Waals surface area contributed by atoms with Crippen LogP contribution in [0, 0.1) is 11.3 Å². The van der Waals surface area contributed by atoms with E-state index < -0.39 is 0 Å². The Bertz CT molecular complexity index is 516. The second-order valence-electron chi connectivity index (χ2n) is 3.41. The Morgan fingerprint density at radius 1 is 1.41 bits per heavy atom. The Labute approximate surface area is 98.6 Å². The standard InChI is InChI=1S/C12H11N3O2/c1-16-11(9-5-3-2-4-6-9)12-14-10(7-8-13)17-15-12/h2-6,11H,7H2,1H3. The highest BCUT2D eigenvalue weighted by Gasteiger charge is 2.19. The van der Waals surface area contributed by atoms with Crippen molar-refractivity contribution in [1.29, 1.82) is 5.26 Å². The molecule has 0 saturated carbocycles. The summed E-state index contributed by atoms with van der Waals surface area (Å²) in [7, 11) is 1.58. The van der Waals surface area contributed by atoms with E-state index in [0.717, 1.165) is 5.56 Å². The second-order valence-corrected chi connectivity index (χ2v) is 3.41. The van der Waals surface area contributed by atoms with Crippen molar-refractivity contribution in [1.82, 2.24) is 10.1 Å². The molecule has 1 atom stereocenters. The molecule has 2 rings (SSSR count). The van der Waals surface area contributed by atoms with Crippen molar-refractivity contribution in [2.24, 2.45) is 0 Å². The Hall–Kier alpha value is -2.19. The Morgan fingerprint density at radius 3 is 2.82 bits per heavy atom. The molecule has 1 unspecified atom stereocenters. The summed E-state index contributed by atoms with van der Waals surface area (Å²) in [5.41, 5.74) is 0.944. The van der Waals surface area contributed by atoms with Crippen LogP contribution >= 0.6 is 0 Å². The van der Waals surface area contributed by atoms with Crippen LogP contribution in [-0.2, 0) is 11.2 Å². The van der Waals surface area contributed by atoms with Crippen LogP contribution < -0.4 is 0 Å². The molecule has 0 radical (unpaired) electrons. The molecule has 2 aromatic rings. The lowest BCUT2D eigenvalue weighted by Crippen LogP contribution is -2.05. The summed E-state index contributed by atoms with van der Waals surface area (Å²) in [4.78, 5) is 4.12. The summed E-state index contributed by atoms with van der Waals surface area (Å²) in [6, 6.07) is 11.6. The summed E-state index contributed by atoms with van der Waals surface area (Å²) in [6.45, 7) is 0. The van der Waals surface area contributed by atoms with Gasteiger partial charge < -0.3 is 9.26 Å². The summed E-state index contributed by atoms with van der Waals surface area (Å²) < 4.78 is 10.3. The molecule has 1 aromatic carbocycles. The molecule has 0 fully saturated rings. The molecule has 1 aromatic heterocycles. The highest BCUT2D eigenvalue weighted by Crippen LogP contribution is 2.22. The maximum absolute atomic E-state index is 8.53. The number of hydrogen-bond acceptors (Lipinski definition) is 5. The van der Waals surface area contributed by atoms with Gasteiger partial charge in [0.05, 0.1) is 6.07 Å². The number of methoxy groups -OCH3 is 1. The Kier molecular flexibility index (Phi) is 3.48. The number of nitriles is 1. The molecule has 86 valence electrons. The Balaban J connectivity index is 2.27. The number of ether oxygens (including phenoxy) is 1. The summed E-state index contributed by atoms with van der Waals surface area (Å²) >= 11 is 0. The van der Waals surface area contributed by atoms with Crippen molar-refractivity contribution in [2.75, 3.05) is 7.11 Å². The second kappa shape index (κ2) is 5.23. The SMILES string of the molecule is COC(c1ccccc1)c1noc(CC#N)n1. The monoisotopic (exact) mass is 229 g/mol. The molecule has 0 bridgehead atoms. The largest absolute Gasteiger partial charge is 0.369 e. The Morgan fingerprint density at radius 2 is 2.18 bits per heavy atom. The van der Waals surface area contributed by atoms with E-state index in [1.165, 1.54) is 0 Å². The predicted molar refractivity (Wildman–Crippen MR) is 58.9 cm³/mol. The number of rotatable bonds is 4. The van der Waals surface area contributed by atoms with Gasteiger partial charge in [-0.05, 0) is 5.56 Å². The van der Waals surface area contributed by atoms with Crippen LogP contribution in [0.25, 0.3) is 0 Å². The molecular formula is C12H11N3O2. The lowest BCUT2D eigenvalue weighted by Gasteiger charge is -2.10. The summed E-state index contributed by atoms with van der Waals surface area (Å²) in [5.74, 6) is 0.740. The minimum atomic E-state index is -0.368. The number of benzene rings is 1. The molecule has 0 aliphatic rings. The first kappa shape index (κ1) is 11.3. The fourth-order valence-electron chi connectivity index (χ4n) is 1.53. The minimum Gasteiger partial charge on any atom is -0.369 e. The lowest BCUT2D eigenvalue weighted by atomic mass is 10.1. The summed E-state index contributed by atoms with van der Waals surface area (Å²) in [6.07, 6.45) is -0.259. The van der Waals surface area contributed by atoms with Crippen molar-refractivity contribution in [3.8, 4) is 6.07 Å². The molecule has 17 heavy (non-hydrogen) atoms. The molecule has 0 aliphatic heterocycles. The normalized spacial score (nSPS) is 12.0. The molecule has 0 amide bonds. The van der Waals surface area contributed by atoms with Gasteiger partial charge in [0.2, 0.25) is 11.7 Å². The van der Waals surface area contributed by atoms with Crippen LogP contribution in [0.4, 0.5) is 0 Å². The van der Waals surface area contributed by atoms with Gasteiger partial charge in [0.1, 0.15) is 12.5 Å². The number of aromatic nitrogens is 2. The van der Waals surface area contributed by atoms with E-state index in [4.69, 9.17) is 14.5 Å². The highest BCUT2D eigenvalue weighted by atomic mass is 16.5. The van der Waals surface area contributed by atoms with E-state index in [1.807, 2.05) is 36.4 Å². The van der Waals surface area contributed by atoms with Crippen molar-refractivity contribution < 1.29 is 9.26 Å². The van der Waals surface area contributed by atoms with E-state index in [9.17, 15) is 0 Å². The highest BCUT2D eigenvalue weighted by molar-refractivity contribution is 5.22. The van der Waals surface area contributed by atoms with Crippen LogP contribution in [0.1, 0.15) is 23.4 Å². The first-order valence-corrected chi connectivity index (χ1v) is 5.12. The molecule has 0 N–H and O–H groups in total. The molecule has 0 spiro atoms. The van der Waals surface area contributed by atoms with Crippen LogP contribution in [0.2, 0.25) is 0 Å². The van der Waals surface area contributed by atoms with Crippen LogP contribution in [0.5, 0.6) is 0 Å². The first-order chi connectivity index (χ1) is 8.35. The van der Waals surface area contributed by atoms with Gasteiger partial charge in [-0.2, -0.15) is 10.2 Å². The van der Waals surface area contributed by atoms with Crippen molar-refractivity contribution >= 4 is 0 Å². The minimum absolute atomic E-state index is 0.109. The smallest absolute Gasteiger partial charge is 0.240 e. The number of nitrogens with zero attached hydrogens (tertiary/aromatic N) is 3. The maximum Gasteiger partial charge on any atom is 0.240 e. The van der Waals surface area contributed by atoms with Gasteiger partial charge in [0.25, 0.3) is 0 Å². The van der Waals surface area contributed by atoms with Gasteiger partial charge >= 0.3 is 0 Å². The number of hydrogen-bond donors (Lipinski definition) is 0. The molecule has 5 nitrogen and oxygen atoms in total. The predicted octanol–water partition coefficient (Wildman–Crippen LogP) is 1.87. The van der Waals surface area contributed by atoms with Gasteiger partial charge in [-0.1, -0.05) is 35.5 Å². The third-order valence-corrected chi connectivity index (χ3v) is 2.29. The van der Waals surface area contributed by atoms with Gasteiger partial charge in [0, 0.05) is 7.11 Å². The third kappa shape index (κ3) is 2.49. The molecule has 0 saturated heterocycles. The van der Waals surface area contributed by atoms with Crippen LogP contribution in [0.15, 0.2) is 34.9 Å². The first-order valence-electron chi connectivity index (χ1n) is 5.12. The zero-order valence-corrected chi connectivity index (χ0v) is 9.33. The average molecular weight is 229 g/mol. The fraction of sp³-hybridized carbons (Fsp3) is 0.250. The van der Waals surface area contributed by atoms with E-state index in [-0.39, 0.29) is 12.5 Å². The zero-order chi connectivity index (χ0) is 12.1. The van der Waals surface area contributed by atoms with Crippen LogP contribution in [-0.4, -0.2) is 17.3 Å². The van der Waals surface area contributed by atoms with Crippen molar-refractivity contribution in [2.45, 2.75) is 12.5 Å². The van der Waals surface area contributed by atoms with E-state index in [2.05, 4.69) is 10.1 Å². The van der Waals surface area contributed by atoms with Gasteiger partial charge in [0.15, 0.2) is 0 Å². The zero-order valence-electron chi connectivity index (χ0n) is 9.33. The van der Waals surface area contributed by atoms with Gasteiger partial charge in [-0.25, -0.2) is 0 Å². The molecule has 5 heteroatoms. The fourth-order valence-corrected chi connectivity index (χ4v) is 1.53. The van der Waals surface area contributed by atoms with E-state index in [0.29, 0.717) is 11.7 Å². The van der Waals surface area contributed by atoms with Crippen molar-refractivity contribution in [3.63, 3.8) is 0 Å². The molecule has 0 aliphatic carbocycles. The molecular weight excluding hydrogens is 218 g/mol. The summed E-state index contributed by atoms with van der Waals surface area (Å²) in [5, 5.41) is 12.4. The van der Waals surface area contributed by atoms with E-state index in [1.54, 1.807) is 7.11 Å². The topological polar surface area (TPSA) is 71.9 Å².